The number of urea groups is 1. The summed E-state index contributed by atoms with van der Waals surface area (Å²) in [4.78, 5) is 12.0. The van der Waals surface area contributed by atoms with Gasteiger partial charge in [0.2, 0.25) is 10.0 Å². The summed E-state index contributed by atoms with van der Waals surface area (Å²) in [6.45, 7) is 3.52. The maximum absolute atomic E-state index is 12.0. The Balaban J connectivity index is 1.88. The van der Waals surface area contributed by atoms with Crippen LogP contribution in [0.3, 0.4) is 0 Å². The monoisotopic (exact) mass is 341 g/mol. The Bertz CT molecular complexity index is 653. The van der Waals surface area contributed by atoms with E-state index in [9.17, 15) is 13.2 Å². The fraction of sp³-hybridized carbons (Fsp3) is 0.533. The summed E-state index contributed by atoms with van der Waals surface area (Å²) in [6.07, 6.45) is 2.67. The minimum absolute atomic E-state index is 0.0710. The summed E-state index contributed by atoms with van der Waals surface area (Å²) in [5.74, 6) is 0. The average molecular weight is 341 g/mol. The number of hydrogen-bond donors (Lipinski definition) is 3. The minimum atomic E-state index is -3.71. The molecular weight excluding hydrogens is 318 g/mol. The van der Waals surface area contributed by atoms with Gasteiger partial charge < -0.3 is 15.4 Å². The Kier molecular flexibility index (Phi) is 5.97. The van der Waals surface area contributed by atoms with E-state index >= 15 is 0 Å². The van der Waals surface area contributed by atoms with Crippen molar-refractivity contribution >= 4 is 16.1 Å². The van der Waals surface area contributed by atoms with Crippen molar-refractivity contribution in [3.8, 4) is 0 Å². The predicted molar refractivity (Wildman–Crippen MR) is 86.4 cm³/mol. The SMILES string of the molecule is Cc1cc(S(N)(=O)=O)ccc1CNC(=O)NC1CCCOCC1. The zero-order chi connectivity index (χ0) is 16.9. The van der Waals surface area contributed by atoms with Gasteiger partial charge in [-0.3, -0.25) is 0 Å². The third-order valence-corrected chi connectivity index (χ3v) is 4.78. The number of aryl methyl sites for hydroxylation is 1. The van der Waals surface area contributed by atoms with E-state index in [0.29, 0.717) is 13.2 Å². The number of benzene rings is 1. The summed E-state index contributed by atoms with van der Waals surface area (Å²) in [5.41, 5.74) is 1.61. The third-order valence-electron chi connectivity index (χ3n) is 3.87. The average Bonchev–Trinajstić information content (AvgIpc) is 2.73. The van der Waals surface area contributed by atoms with Gasteiger partial charge in [0.15, 0.2) is 0 Å². The summed E-state index contributed by atoms with van der Waals surface area (Å²) in [7, 11) is -3.71. The van der Waals surface area contributed by atoms with Gasteiger partial charge in [0.1, 0.15) is 0 Å². The highest BCUT2D eigenvalue weighted by Crippen LogP contribution is 2.14. The Morgan fingerprint density at radius 1 is 1.35 bits per heavy atom. The van der Waals surface area contributed by atoms with Crippen molar-refractivity contribution in [3.63, 3.8) is 0 Å². The quantitative estimate of drug-likeness (QED) is 0.759. The molecule has 0 aliphatic carbocycles. The Morgan fingerprint density at radius 3 is 2.83 bits per heavy atom. The standard InChI is InChI=1S/C15H23N3O4S/c1-11-9-14(23(16,20)21)5-4-12(11)10-17-15(19)18-13-3-2-7-22-8-6-13/h4-5,9,13H,2-3,6-8,10H2,1H3,(H2,16,20,21)(H2,17,18,19). The lowest BCUT2D eigenvalue weighted by Crippen LogP contribution is -2.42. The number of carbonyl (C=O) groups is 1. The predicted octanol–water partition coefficient (Wildman–Crippen LogP) is 1.01. The van der Waals surface area contributed by atoms with Crippen molar-refractivity contribution in [1.82, 2.24) is 10.6 Å². The smallest absolute Gasteiger partial charge is 0.315 e. The highest BCUT2D eigenvalue weighted by molar-refractivity contribution is 7.89. The Hall–Kier alpha value is -1.64. The molecule has 1 aliphatic rings. The van der Waals surface area contributed by atoms with Gasteiger partial charge in [-0.2, -0.15) is 0 Å². The van der Waals surface area contributed by atoms with E-state index in [0.717, 1.165) is 37.0 Å². The second-order valence-corrected chi connectivity index (χ2v) is 7.26. The summed E-state index contributed by atoms with van der Waals surface area (Å²) >= 11 is 0. The van der Waals surface area contributed by atoms with Gasteiger partial charge in [0.05, 0.1) is 4.90 Å². The molecule has 0 radical (unpaired) electrons. The molecule has 0 aromatic heterocycles. The van der Waals surface area contributed by atoms with Crippen LogP contribution in [0.2, 0.25) is 0 Å². The van der Waals surface area contributed by atoms with E-state index in [1.54, 1.807) is 13.0 Å². The molecule has 2 rings (SSSR count). The topological polar surface area (TPSA) is 111 Å². The molecule has 1 aromatic carbocycles. The van der Waals surface area contributed by atoms with E-state index in [4.69, 9.17) is 9.88 Å². The highest BCUT2D eigenvalue weighted by atomic mass is 32.2. The van der Waals surface area contributed by atoms with Gasteiger partial charge >= 0.3 is 6.03 Å². The molecule has 1 heterocycles. The number of ether oxygens (including phenoxy) is 1. The van der Waals surface area contributed by atoms with Crippen molar-refractivity contribution < 1.29 is 17.9 Å². The number of carbonyl (C=O) groups excluding carboxylic acids is 1. The fourth-order valence-electron chi connectivity index (χ4n) is 2.50. The molecule has 0 saturated carbocycles. The van der Waals surface area contributed by atoms with Crippen LogP contribution in [0, 0.1) is 6.92 Å². The summed E-state index contributed by atoms with van der Waals surface area (Å²) in [5, 5.41) is 10.8. The first-order chi connectivity index (χ1) is 10.9. The molecule has 2 amide bonds. The molecule has 0 bridgehead atoms. The van der Waals surface area contributed by atoms with E-state index in [1.165, 1.54) is 12.1 Å². The van der Waals surface area contributed by atoms with Crippen molar-refractivity contribution in [2.45, 2.75) is 43.7 Å². The first kappa shape index (κ1) is 17.7. The normalized spacial score (nSPS) is 19.0. The van der Waals surface area contributed by atoms with E-state index in [2.05, 4.69) is 10.6 Å². The lowest BCUT2D eigenvalue weighted by Gasteiger charge is -2.16. The zero-order valence-electron chi connectivity index (χ0n) is 13.2. The number of amides is 2. The van der Waals surface area contributed by atoms with Crippen LogP contribution in [0.15, 0.2) is 23.1 Å². The zero-order valence-corrected chi connectivity index (χ0v) is 14.0. The van der Waals surface area contributed by atoms with Crippen LogP contribution in [0.25, 0.3) is 0 Å². The molecule has 23 heavy (non-hydrogen) atoms. The van der Waals surface area contributed by atoms with Gasteiger partial charge in [-0.05, 0) is 49.4 Å². The number of rotatable bonds is 4. The molecule has 1 unspecified atom stereocenters. The first-order valence-electron chi connectivity index (χ1n) is 7.60. The van der Waals surface area contributed by atoms with Crippen LogP contribution in [0.5, 0.6) is 0 Å². The second-order valence-electron chi connectivity index (χ2n) is 5.70. The second kappa shape index (κ2) is 7.76. The van der Waals surface area contributed by atoms with E-state index < -0.39 is 10.0 Å². The number of nitrogens with one attached hydrogen (secondary N) is 2. The van der Waals surface area contributed by atoms with E-state index in [1.807, 2.05) is 0 Å². The van der Waals surface area contributed by atoms with Gasteiger partial charge in [-0.15, -0.1) is 0 Å². The molecule has 7 nitrogen and oxygen atoms in total. The molecular formula is C15H23N3O4S. The fourth-order valence-corrected chi connectivity index (χ4v) is 3.10. The third kappa shape index (κ3) is 5.49. The van der Waals surface area contributed by atoms with Crippen molar-refractivity contribution in [3.05, 3.63) is 29.3 Å². The van der Waals surface area contributed by atoms with Crippen LogP contribution in [-0.2, 0) is 21.3 Å². The molecule has 1 fully saturated rings. The molecule has 8 heteroatoms. The van der Waals surface area contributed by atoms with Crippen LogP contribution >= 0.6 is 0 Å². The first-order valence-corrected chi connectivity index (χ1v) is 9.15. The van der Waals surface area contributed by atoms with Gasteiger partial charge in [0, 0.05) is 25.8 Å². The van der Waals surface area contributed by atoms with E-state index in [-0.39, 0.29) is 17.0 Å². The Morgan fingerprint density at radius 2 is 2.13 bits per heavy atom. The van der Waals surface area contributed by atoms with Crippen molar-refractivity contribution in [2.24, 2.45) is 5.14 Å². The van der Waals surface area contributed by atoms with Crippen LogP contribution in [0.4, 0.5) is 4.79 Å². The molecule has 1 atom stereocenters. The number of nitrogens with two attached hydrogens (primary N) is 1. The van der Waals surface area contributed by atoms with Crippen LogP contribution in [0.1, 0.15) is 30.4 Å². The maximum atomic E-state index is 12.0. The molecule has 1 saturated heterocycles. The van der Waals surface area contributed by atoms with Gasteiger partial charge in [0.25, 0.3) is 0 Å². The molecule has 0 spiro atoms. The van der Waals surface area contributed by atoms with Crippen molar-refractivity contribution in [2.75, 3.05) is 13.2 Å². The van der Waals surface area contributed by atoms with Crippen LogP contribution < -0.4 is 15.8 Å². The molecule has 128 valence electrons. The van der Waals surface area contributed by atoms with Gasteiger partial charge in [-0.1, -0.05) is 6.07 Å². The highest BCUT2D eigenvalue weighted by Gasteiger charge is 2.15. The number of hydrogen-bond acceptors (Lipinski definition) is 4. The molecule has 1 aliphatic heterocycles. The minimum Gasteiger partial charge on any atom is -0.381 e. The van der Waals surface area contributed by atoms with Gasteiger partial charge in [-0.25, -0.2) is 18.4 Å². The number of primary sulfonamides is 1. The maximum Gasteiger partial charge on any atom is 0.315 e. The lowest BCUT2D eigenvalue weighted by molar-refractivity contribution is 0.143. The number of sulfonamides is 1. The Labute approximate surface area is 136 Å². The van der Waals surface area contributed by atoms with Crippen molar-refractivity contribution in [1.29, 1.82) is 0 Å². The largest absolute Gasteiger partial charge is 0.381 e. The summed E-state index contributed by atoms with van der Waals surface area (Å²) in [6, 6.07) is 4.51. The molecule has 4 N–H and O–H groups in total. The lowest BCUT2D eigenvalue weighted by atomic mass is 10.1. The van der Waals surface area contributed by atoms with Crippen LogP contribution in [-0.4, -0.2) is 33.7 Å². The molecule has 1 aromatic rings. The summed E-state index contributed by atoms with van der Waals surface area (Å²) < 4.78 is 28.0.